The van der Waals surface area contributed by atoms with E-state index in [0.29, 0.717) is 22.1 Å². The van der Waals surface area contributed by atoms with E-state index >= 15 is 0 Å². The fourth-order valence-electron chi connectivity index (χ4n) is 2.24. The van der Waals surface area contributed by atoms with Crippen LogP contribution >= 0.6 is 11.6 Å². The molecule has 1 aromatic carbocycles. The number of amides is 1. The molecule has 2 aromatic heterocycles. The molecule has 6 nitrogen and oxygen atoms in total. The first-order valence-corrected chi connectivity index (χ1v) is 7.55. The standard InChI is InChI=1S/C17H14ClN3O3/c1-21(15-6-3-12(18)9-19-15)10-16(22)20-13-4-5-14-11(8-13)2-7-17(23)24-14/h2-9H,10H2,1H3,(H,20,22). The Bertz CT molecular complexity index is 938. The van der Waals surface area contributed by atoms with Crippen molar-refractivity contribution in [3.05, 3.63) is 64.1 Å². The summed E-state index contributed by atoms with van der Waals surface area (Å²) in [5.74, 6) is 0.459. The van der Waals surface area contributed by atoms with E-state index in [-0.39, 0.29) is 12.5 Å². The van der Waals surface area contributed by atoms with Gasteiger partial charge in [-0.3, -0.25) is 4.79 Å². The highest BCUT2D eigenvalue weighted by Gasteiger charge is 2.09. The zero-order chi connectivity index (χ0) is 17.1. The van der Waals surface area contributed by atoms with Crippen LogP contribution in [0.5, 0.6) is 0 Å². The van der Waals surface area contributed by atoms with E-state index in [1.54, 1.807) is 48.3 Å². The van der Waals surface area contributed by atoms with Crippen LogP contribution in [0.25, 0.3) is 11.0 Å². The summed E-state index contributed by atoms with van der Waals surface area (Å²) in [5, 5.41) is 4.08. The third-order valence-corrected chi connectivity index (χ3v) is 3.61. The van der Waals surface area contributed by atoms with Gasteiger partial charge >= 0.3 is 5.63 Å². The van der Waals surface area contributed by atoms with Gasteiger partial charge in [0.1, 0.15) is 11.4 Å². The van der Waals surface area contributed by atoms with Crippen molar-refractivity contribution in [1.29, 1.82) is 0 Å². The molecular weight excluding hydrogens is 330 g/mol. The van der Waals surface area contributed by atoms with Crippen LogP contribution in [0.3, 0.4) is 0 Å². The third kappa shape index (κ3) is 3.72. The van der Waals surface area contributed by atoms with Crippen LogP contribution in [0.1, 0.15) is 0 Å². The van der Waals surface area contributed by atoms with E-state index in [2.05, 4.69) is 10.3 Å². The second-order valence-corrected chi connectivity index (χ2v) is 5.68. The quantitative estimate of drug-likeness (QED) is 0.737. The number of hydrogen-bond donors (Lipinski definition) is 1. The van der Waals surface area contributed by atoms with Gasteiger partial charge < -0.3 is 14.6 Å². The highest BCUT2D eigenvalue weighted by molar-refractivity contribution is 6.30. The normalized spacial score (nSPS) is 10.6. The highest BCUT2D eigenvalue weighted by Crippen LogP contribution is 2.18. The number of likely N-dealkylation sites (N-methyl/N-ethyl adjacent to an activating group) is 1. The molecule has 0 aliphatic carbocycles. The number of fused-ring (bicyclic) bond motifs is 1. The second kappa shape index (κ2) is 6.72. The Morgan fingerprint density at radius 2 is 2.08 bits per heavy atom. The van der Waals surface area contributed by atoms with Crippen molar-refractivity contribution in [2.75, 3.05) is 23.8 Å². The fourth-order valence-corrected chi connectivity index (χ4v) is 2.35. The Kier molecular flexibility index (Phi) is 4.48. The zero-order valence-electron chi connectivity index (χ0n) is 12.8. The van der Waals surface area contributed by atoms with Crippen LogP contribution in [0, 0.1) is 0 Å². The largest absolute Gasteiger partial charge is 0.423 e. The third-order valence-electron chi connectivity index (χ3n) is 3.39. The van der Waals surface area contributed by atoms with Gasteiger partial charge in [-0.15, -0.1) is 0 Å². The molecular formula is C17H14ClN3O3. The molecule has 1 N–H and O–H groups in total. The van der Waals surface area contributed by atoms with Gasteiger partial charge in [0.15, 0.2) is 0 Å². The number of nitrogens with zero attached hydrogens (tertiary/aromatic N) is 2. The van der Waals surface area contributed by atoms with E-state index in [0.717, 1.165) is 5.39 Å². The molecule has 0 aliphatic rings. The van der Waals surface area contributed by atoms with Crippen molar-refractivity contribution in [3.63, 3.8) is 0 Å². The smallest absolute Gasteiger partial charge is 0.336 e. The van der Waals surface area contributed by atoms with Crippen molar-refractivity contribution >= 4 is 40.0 Å². The van der Waals surface area contributed by atoms with Crippen molar-refractivity contribution in [1.82, 2.24) is 4.98 Å². The summed E-state index contributed by atoms with van der Waals surface area (Å²) < 4.78 is 5.06. The van der Waals surface area contributed by atoms with Crippen LogP contribution in [-0.4, -0.2) is 24.5 Å². The lowest BCUT2D eigenvalue weighted by atomic mass is 10.2. The number of nitrogens with one attached hydrogen (secondary N) is 1. The molecule has 3 rings (SSSR count). The minimum Gasteiger partial charge on any atom is -0.423 e. The average Bonchev–Trinajstić information content (AvgIpc) is 2.55. The number of benzene rings is 1. The molecule has 0 spiro atoms. The zero-order valence-corrected chi connectivity index (χ0v) is 13.6. The van der Waals surface area contributed by atoms with Gasteiger partial charge in [-0.05, 0) is 36.4 Å². The summed E-state index contributed by atoms with van der Waals surface area (Å²) in [7, 11) is 1.77. The number of rotatable bonds is 4. The maximum absolute atomic E-state index is 12.2. The Morgan fingerprint density at radius 1 is 1.25 bits per heavy atom. The first-order valence-electron chi connectivity index (χ1n) is 7.18. The molecule has 0 unspecified atom stereocenters. The molecule has 0 aliphatic heterocycles. The first-order chi connectivity index (χ1) is 11.5. The monoisotopic (exact) mass is 343 g/mol. The Hall–Kier alpha value is -2.86. The van der Waals surface area contributed by atoms with Crippen molar-refractivity contribution in [2.24, 2.45) is 0 Å². The minimum atomic E-state index is -0.406. The predicted octanol–water partition coefficient (Wildman–Crippen LogP) is 2.92. The number of anilines is 2. The Morgan fingerprint density at radius 3 is 2.83 bits per heavy atom. The molecule has 2 heterocycles. The van der Waals surface area contributed by atoms with E-state index in [9.17, 15) is 9.59 Å². The van der Waals surface area contributed by atoms with E-state index in [4.69, 9.17) is 16.0 Å². The molecule has 7 heteroatoms. The molecule has 0 bridgehead atoms. The molecule has 24 heavy (non-hydrogen) atoms. The predicted molar refractivity (Wildman–Crippen MR) is 93.6 cm³/mol. The summed E-state index contributed by atoms with van der Waals surface area (Å²) in [6, 6.07) is 11.5. The molecule has 0 radical (unpaired) electrons. The Balaban J connectivity index is 1.69. The number of aromatic nitrogens is 1. The number of hydrogen-bond acceptors (Lipinski definition) is 5. The number of pyridine rings is 1. The van der Waals surface area contributed by atoms with Crippen molar-refractivity contribution in [2.45, 2.75) is 0 Å². The lowest BCUT2D eigenvalue weighted by Crippen LogP contribution is -2.30. The molecule has 0 saturated heterocycles. The maximum atomic E-state index is 12.2. The van der Waals surface area contributed by atoms with E-state index in [1.807, 2.05) is 0 Å². The lowest BCUT2D eigenvalue weighted by Gasteiger charge is -2.17. The maximum Gasteiger partial charge on any atom is 0.336 e. The topological polar surface area (TPSA) is 75.4 Å². The van der Waals surface area contributed by atoms with Crippen LogP contribution < -0.4 is 15.8 Å². The van der Waals surface area contributed by atoms with Gasteiger partial charge in [0.2, 0.25) is 5.91 Å². The average molecular weight is 344 g/mol. The van der Waals surface area contributed by atoms with Crippen LogP contribution in [0.4, 0.5) is 11.5 Å². The van der Waals surface area contributed by atoms with Gasteiger partial charge in [-0.2, -0.15) is 0 Å². The molecule has 0 atom stereocenters. The number of carbonyl (C=O) groups is 1. The molecule has 0 saturated carbocycles. The molecule has 3 aromatic rings. The number of carbonyl (C=O) groups excluding carboxylic acids is 1. The van der Waals surface area contributed by atoms with Crippen molar-refractivity contribution in [3.8, 4) is 0 Å². The van der Waals surface area contributed by atoms with E-state index in [1.165, 1.54) is 12.3 Å². The summed E-state index contributed by atoms with van der Waals surface area (Å²) >= 11 is 5.80. The van der Waals surface area contributed by atoms with Gasteiger partial charge in [-0.25, -0.2) is 9.78 Å². The van der Waals surface area contributed by atoms with Gasteiger partial charge in [0, 0.05) is 30.4 Å². The fraction of sp³-hybridized carbons (Fsp3) is 0.118. The molecule has 122 valence electrons. The van der Waals surface area contributed by atoms with Crippen molar-refractivity contribution < 1.29 is 9.21 Å². The number of halogens is 1. The lowest BCUT2D eigenvalue weighted by molar-refractivity contribution is -0.114. The summed E-state index contributed by atoms with van der Waals surface area (Å²) in [5.41, 5.74) is 0.693. The highest BCUT2D eigenvalue weighted by atomic mass is 35.5. The second-order valence-electron chi connectivity index (χ2n) is 5.25. The van der Waals surface area contributed by atoms with Gasteiger partial charge in [0.05, 0.1) is 11.6 Å². The summed E-state index contributed by atoms with van der Waals surface area (Å²) in [6.07, 6.45) is 1.53. The summed E-state index contributed by atoms with van der Waals surface area (Å²) in [4.78, 5) is 29.2. The first kappa shape index (κ1) is 16.0. The Labute approximate surface area is 142 Å². The molecule has 0 fully saturated rings. The van der Waals surface area contributed by atoms with Gasteiger partial charge in [-0.1, -0.05) is 11.6 Å². The SMILES string of the molecule is CN(CC(=O)Nc1ccc2oc(=O)ccc2c1)c1ccc(Cl)cn1. The van der Waals surface area contributed by atoms with E-state index < -0.39 is 5.63 Å². The van der Waals surface area contributed by atoms with Crippen LogP contribution in [-0.2, 0) is 4.79 Å². The van der Waals surface area contributed by atoms with Crippen LogP contribution in [0.15, 0.2) is 57.9 Å². The minimum absolute atomic E-state index is 0.135. The van der Waals surface area contributed by atoms with Crippen LogP contribution in [0.2, 0.25) is 5.02 Å². The van der Waals surface area contributed by atoms with Gasteiger partial charge in [0.25, 0.3) is 0 Å². The molecule has 1 amide bonds. The summed E-state index contributed by atoms with van der Waals surface area (Å²) in [6.45, 7) is 0.135.